The molecule has 0 aromatic heterocycles. The maximum atomic E-state index is 13.0. The molecular formula is C25H30ClN5O3. The number of nitrogens with one attached hydrogen (secondary N) is 2. The molecule has 0 bridgehead atoms. The summed E-state index contributed by atoms with van der Waals surface area (Å²) < 4.78 is 0. The number of anilines is 1. The fraction of sp³-hybridized carbons (Fsp3) is 0.400. The van der Waals surface area contributed by atoms with Gasteiger partial charge in [-0.1, -0.05) is 41.9 Å². The Hall–Kier alpha value is -3.10. The summed E-state index contributed by atoms with van der Waals surface area (Å²) in [7, 11) is 0. The zero-order valence-electron chi connectivity index (χ0n) is 19.0. The van der Waals surface area contributed by atoms with Crippen LogP contribution >= 0.6 is 11.6 Å². The van der Waals surface area contributed by atoms with Crippen molar-refractivity contribution in [3.8, 4) is 0 Å². The van der Waals surface area contributed by atoms with Gasteiger partial charge in [-0.25, -0.2) is 4.79 Å². The zero-order chi connectivity index (χ0) is 24.1. The van der Waals surface area contributed by atoms with E-state index in [-0.39, 0.29) is 11.9 Å². The van der Waals surface area contributed by atoms with Crippen molar-refractivity contribution in [3.05, 3.63) is 65.2 Å². The van der Waals surface area contributed by atoms with E-state index in [1.54, 1.807) is 36.4 Å². The molecular weight excluding hydrogens is 454 g/mol. The summed E-state index contributed by atoms with van der Waals surface area (Å²) in [4.78, 5) is 42.4. The van der Waals surface area contributed by atoms with Gasteiger partial charge in [-0.3, -0.25) is 14.5 Å². The number of primary amides is 1. The van der Waals surface area contributed by atoms with Crippen LogP contribution in [0.4, 0.5) is 10.5 Å². The number of piperidine rings is 2. The number of nitrogens with two attached hydrogens (primary N) is 1. The second-order valence-electron chi connectivity index (χ2n) is 8.79. The molecule has 2 heterocycles. The molecule has 4 N–H and O–H groups in total. The van der Waals surface area contributed by atoms with Gasteiger partial charge in [-0.15, -0.1) is 0 Å². The number of halogens is 1. The van der Waals surface area contributed by atoms with E-state index < -0.39 is 17.6 Å². The Balaban J connectivity index is 1.57. The average Bonchev–Trinajstić information content (AvgIpc) is 2.85. The van der Waals surface area contributed by atoms with Crippen LogP contribution in [0.3, 0.4) is 0 Å². The van der Waals surface area contributed by atoms with Gasteiger partial charge in [0.05, 0.1) is 0 Å². The topological polar surface area (TPSA) is 108 Å². The molecule has 2 aromatic rings. The predicted octanol–water partition coefficient (Wildman–Crippen LogP) is 3.28. The number of rotatable bonds is 6. The lowest BCUT2D eigenvalue weighted by molar-refractivity contribution is -0.140. The van der Waals surface area contributed by atoms with E-state index in [4.69, 9.17) is 17.3 Å². The number of hydrogen-bond donors (Lipinski definition) is 3. The van der Waals surface area contributed by atoms with Crippen LogP contribution < -0.4 is 16.4 Å². The lowest BCUT2D eigenvalue weighted by atomic mass is 9.91. The van der Waals surface area contributed by atoms with Crippen LogP contribution in [0.25, 0.3) is 0 Å². The third-order valence-corrected chi connectivity index (χ3v) is 6.94. The summed E-state index contributed by atoms with van der Waals surface area (Å²) in [5.41, 5.74) is 5.58. The maximum Gasteiger partial charge on any atom is 0.321 e. The Bertz CT molecular complexity index is 1020. The second-order valence-corrected chi connectivity index (χ2v) is 9.23. The van der Waals surface area contributed by atoms with Crippen molar-refractivity contribution in [2.45, 2.75) is 43.8 Å². The molecule has 1 atom stereocenters. The third-order valence-electron chi connectivity index (χ3n) is 6.68. The molecule has 2 aliphatic rings. The number of carbonyl (C=O) groups is 3. The van der Waals surface area contributed by atoms with E-state index in [2.05, 4.69) is 10.6 Å². The van der Waals surface area contributed by atoms with Crippen LogP contribution in [0.15, 0.2) is 54.6 Å². The molecule has 2 aliphatic heterocycles. The Morgan fingerprint density at radius 1 is 0.971 bits per heavy atom. The van der Waals surface area contributed by atoms with E-state index in [0.717, 1.165) is 19.4 Å². The van der Waals surface area contributed by atoms with Crippen molar-refractivity contribution in [2.75, 3.05) is 25.0 Å². The summed E-state index contributed by atoms with van der Waals surface area (Å²) in [5, 5.41) is 6.18. The van der Waals surface area contributed by atoms with Gasteiger partial charge in [-0.2, -0.15) is 0 Å². The average molecular weight is 484 g/mol. The molecule has 0 spiro atoms. The minimum atomic E-state index is -1.53. The van der Waals surface area contributed by atoms with Gasteiger partial charge < -0.3 is 21.3 Å². The number of carbonyl (C=O) groups excluding carboxylic acids is 3. The fourth-order valence-corrected chi connectivity index (χ4v) is 5.08. The first-order valence-electron chi connectivity index (χ1n) is 11.6. The van der Waals surface area contributed by atoms with Crippen molar-refractivity contribution in [2.24, 2.45) is 5.73 Å². The number of nitrogens with zero attached hydrogens (tertiary/aromatic N) is 2. The summed E-state index contributed by atoms with van der Waals surface area (Å²) in [5.74, 6) is -0.466. The van der Waals surface area contributed by atoms with Crippen molar-refractivity contribution < 1.29 is 14.4 Å². The predicted molar refractivity (Wildman–Crippen MR) is 131 cm³/mol. The number of urea groups is 1. The van der Waals surface area contributed by atoms with Gasteiger partial charge in [-0.05, 0) is 49.9 Å². The first kappa shape index (κ1) is 24.0. The molecule has 8 nitrogen and oxygen atoms in total. The standard InChI is InChI=1S/C25H30ClN5O3/c26-19-9-11-20(12-10-19)28-24(34)29-25(23(27)33,18-6-2-1-3-7-18)30-16-13-21(14-17-30)31-15-5-4-8-22(31)32/h1-3,6-7,9-12,21H,4-5,8,13-17H2,(H2,27,33)(H2,28,29,34)/t25-/m1/s1. The van der Waals surface area contributed by atoms with Crippen molar-refractivity contribution in [1.82, 2.24) is 15.1 Å². The Morgan fingerprint density at radius 2 is 1.65 bits per heavy atom. The Labute approximate surface area is 204 Å². The van der Waals surface area contributed by atoms with Crippen LogP contribution in [-0.4, -0.2) is 53.3 Å². The van der Waals surface area contributed by atoms with E-state index >= 15 is 0 Å². The lowest BCUT2D eigenvalue weighted by Crippen LogP contribution is -2.67. The quantitative estimate of drug-likeness (QED) is 0.586. The van der Waals surface area contributed by atoms with Gasteiger partial charge >= 0.3 is 6.03 Å². The maximum absolute atomic E-state index is 13.0. The molecule has 0 radical (unpaired) electrons. The zero-order valence-corrected chi connectivity index (χ0v) is 19.8. The van der Waals surface area contributed by atoms with Crippen molar-refractivity contribution >= 4 is 35.1 Å². The molecule has 2 fully saturated rings. The lowest BCUT2D eigenvalue weighted by Gasteiger charge is -2.47. The monoisotopic (exact) mass is 483 g/mol. The highest BCUT2D eigenvalue weighted by molar-refractivity contribution is 6.30. The normalized spacial score (nSPS) is 19.3. The van der Waals surface area contributed by atoms with E-state index in [1.807, 2.05) is 28.0 Å². The summed E-state index contributed by atoms with van der Waals surface area (Å²) >= 11 is 5.93. The SMILES string of the molecule is NC(=O)[C@@](NC(=O)Nc1ccc(Cl)cc1)(c1ccccc1)N1CCC(N2CCCCC2=O)CC1. The molecule has 4 rings (SSSR count). The minimum Gasteiger partial charge on any atom is -0.366 e. The highest BCUT2D eigenvalue weighted by atomic mass is 35.5. The summed E-state index contributed by atoms with van der Waals surface area (Å²) in [6, 6.07) is 15.3. The molecule has 180 valence electrons. The molecule has 2 saturated heterocycles. The van der Waals surface area contributed by atoms with Crippen LogP contribution in [0, 0.1) is 0 Å². The molecule has 0 saturated carbocycles. The largest absolute Gasteiger partial charge is 0.366 e. The minimum absolute atomic E-state index is 0.133. The van der Waals surface area contributed by atoms with Crippen LogP contribution in [-0.2, 0) is 15.3 Å². The third kappa shape index (κ3) is 5.03. The van der Waals surface area contributed by atoms with Gasteiger partial charge in [0.2, 0.25) is 11.6 Å². The van der Waals surface area contributed by atoms with E-state index in [9.17, 15) is 14.4 Å². The van der Waals surface area contributed by atoms with E-state index in [0.29, 0.717) is 48.6 Å². The molecule has 34 heavy (non-hydrogen) atoms. The summed E-state index contributed by atoms with van der Waals surface area (Å²) in [6.07, 6.45) is 3.97. The van der Waals surface area contributed by atoms with Gasteiger partial charge in [0.25, 0.3) is 5.91 Å². The van der Waals surface area contributed by atoms with Crippen LogP contribution in [0.2, 0.25) is 5.02 Å². The van der Waals surface area contributed by atoms with Gasteiger partial charge in [0, 0.05) is 48.4 Å². The summed E-state index contributed by atoms with van der Waals surface area (Å²) in [6.45, 7) is 1.80. The van der Waals surface area contributed by atoms with Crippen molar-refractivity contribution in [1.29, 1.82) is 0 Å². The van der Waals surface area contributed by atoms with Crippen LogP contribution in [0.5, 0.6) is 0 Å². The number of benzene rings is 2. The number of hydrogen-bond acceptors (Lipinski definition) is 4. The molecule has 4 amide bonds. The Kier molecular flexibility index (Phi) is 7.38. The second kappa shape index (κ2) is 10.4. The number of amides is 4. The van der Waals surface area contributed by atoms with Crippen LogP contribution in [0.1, 0.15) is 37.7 Å². The molecule has 0 unspecified atom stereocenters. The molecule has 2 aromatic carbocycles. The van der Waals surface area contributed by atoms with Crippen molar-refractivity contribution in [3.63, 3.8) is 0 Å². The van der Waals surface area contributed by atoms with Gasteiger partial charge in [0.1, 0.15) is 0 Å². The van der Waals surface area contributed by atoms with Gasteiger partial charge in [0.15, 0.2) is 0 Å². The fourth-order valence-electron chi connectivity index (χ4n) is 4.96. The number of likely N-dealkylation sites (tertiary alicyclic amines) is 2. The first-order valence-corrected chi connectivity index (χ1v) is 12.0. The van der Waals surface area contributed by atoms with E-state index in [1.165, 1.54) is 0 Å². The first-order chi connectivity index (χ1) is 16.4. The highest BCUT2D eigenvalue weighted by Crippen LogP contribution is 2.31. The molecule has 9 heteroatoms. The smallest absolute Gasteiger partial charge is 0.321 e. The Morgan fingerprint density at radius 3 is 2.26 bits per heavy atom. The highest BCUT2D eigenvalue weighted by Gasteiger charge is 2.47. The molecule has 0 aliphatic carbocycles.